The first-order valence-corrected chi connectivity index (χ1v) is 10.8. The number of carbonyl (C=O) groups excluding carboxylic acids is 1. The summed E-state index contributed by atoms with van der Waals surface area (Å²) in [7, 11) is 5.25. The molecule has 0 saturated carbocycles. The number of nitrogens with one attached hydrogen (secondary N) is 1. The minimum Gasteiger partial charge on any atom is -0.497 e. The Morgan fingerprint density at radius 2 is 1.94 bits per heavy atom. The fraction of sp³-hybridized carbons (Fsp3) is 0.455. The lowest BCUT2D eigenvalue weighted by Gasteiger charge is -2.23. The fourth-order valence-electron chi connectivity index (χ4n) is 4.04. The molecule has 5 atom stereocenters. The molecule has 5 N–H and O–H groups in total. The molecule has 0 aliphatic carbocycles. The average Bonchev–Trinajstić information content (AvgIpc) is 3.40. The van der Waals surface area contributed by atoms with Crippen molar-refractivity contribution in [3.8, 4) is 5.75 Å². The van der Waals surface area contributed by atoms with Crippen LogP contribution in [0.1, 0.15) is 11.8 Å². The maximum absolute atomic E-state index is 12.8. The average molecular weight is 544 g/mol. The molecule has 3 aromatic rings. The smallest absolute Gasteiger partial charge is 0.237 e. The number of nitrogens with zero attached hydrogens (tertiary/aromatic N) is 5. The molecular weight excluding hydrogens is 513 g/mol. The predicted octanol–water partition coefficient (Wildman–Crippen LogP) is 0.0499. The zero-order valence-electron chi connectivity index (χ0n) is 20.0. The van der Waals surface area contributed by atoms with Crippen molar-refractivity contribution in [3.63, 3.8) is 0 Å². The van der Waals surface area contributed by atoms with E-state index in [-0.39, 0.29) is 24.8 Å². The number of halogens is 2. The number of benzene rings is 1. The first-order chi connectivity index (χ1) is 16.3. The lowest BCUT2D eigenvalue weighted by Crippen LogP contribution is -2.53. The lowest BCUT2D eigenvalue weighted by molar-refractivity contribution is -0.124. The minimum atomic E-state index is -1.18. The quantitative estimate of drug-likeness (QED) is 0.305. The van der Waals surface area contributed by atoms with E-state index in [1.54, 1.807) is 28.7 Å². The Labute approximate surface area is 220 Å². The van der Waals surface area contributed by atoms with Gasteiger partial charge in [0.1, 0.15) is 24.3 Å². The van der Waals surface area contributed by atoms with Crippen LogP contribution in [0, 0.1) is 0 Å². The maximum atomic E-state index is 12.8. The zero-order valence-corrected chi connectivity index (χ0v) is 21.6. The molecule has 0 bridgehead atoms. The second kappa shape index (κ2) is 12.5. The Morgan fingerprint density at radius 3 is 2.56 bits per heavy atom. The van der Waals surface area contributed by atoms with Crippen molar-refractivity contribution < 1.29 is 24.5 Å². The van der Waals surface area contributed by atoms with Crippen LogP contribution in [0.15, 0.2) is 36.9 Å². The molecule has 1 fully saturated rings. The summed E-state index contributed by atoms with van der Waals surface area (Å²) in [6, 6.07) is 5.52. The van der Waals surface area contributed by atoms with Crippen molar-refractivity contribution in [1.82, 2.24) is 24.8 Å². The van der Waals surface area contributed by atoms with Crippen LogP contribution in [0.5, 0.6) is 5.75 Å². The second-order valence-electron chi connectivity index (χ2n) is 8.35. The molecule has 1 unspecified atom stereocenters. The topological polar surface area (TPSA) is 161 Å². The molecule has 1 saturated heterocycles. The van der Waals surface area contributed by atoms with E-state index in [0.29, 0.717) is 29.2 Å². The molecule has 14 heteroatoms. The number of anilines is 1. The van der Waals surface area contributed by atoms with Crippen molar-refractivity contribution >= 4 is 47.7 Å². The van der Waals surface area contributed by atoms with Gasteiger partial charge in [-0.15, -0.1) is 24.8 Å². The first kappa shape index (κ1) is 29.5. The van der Waals surface area contributed by atoms with Gasteiger partial charge in [0.15, 0.2) is 23.2 Å². The molecule has 4 rings (SSSR count). The van der Waals surface area contributed by atoms with E-state index >= 15 is 0 Å². The van der Waals surface area contributed by atoms with Crippen molar-refractivity contribution in [2.24, 2.45) is 5.73 Å². The van der Waals surface area contributed by atoms with Crippen LogP contribution in [0.2, 0.25) is 0 Å². The van der Waals surface area contributed by atoms with E-state index in [2.05, 4.69) is 20.3 Å². The highest BCUT2D eigenvalue weighted by Crippen LogP contribution is 2.32. The molecule has 0 radical (unpaired) electrons. The van der Waals surface area contributed by atoms with Crippen molar-refractivity contribution in [2.75, 3.05) is 32.7 Å². The summed E-state index contributed by atoms with van der Waals surface area (Å²) in [4.78, 5) is 27.5. The minimum absolute atomic E-state index is 0. The maximum Gasteiger partial charge on any atom is 0.237 e. The molecule has 12 nitrogen and oxygen atoms in total. The Hall–Kier alpha value is -2.74. The third-order valence-electron chi connectivity index (χ3n) is 5.85. The summed E-state index contributed by atoms with van der Waals surface area (Å²) in [6.45, 7) is -0.406. The summed E-state index contributed by atoms with van der Waals surface area (Å²) >= 11 is 0. The van der Waals surface area contributed by atoms with Crippen LogP contribution in [0.3, 0.4) is 0 Å². The molecular formula is C22H31Cl2N7O5. The van der Waals surface area contributed by atoms with Gasteiger partial charge in [-0.3, -0.25) is 9.36 Å². The Bertz CT molecular complexity index is 1150. The summed E-state index contributed by atoms with van der Waals surface area (Å²) < 4.78 is 12.6. The number of aliphatic hydroxyl groups excluding tert-OH is 2. The number of imidazole rings is 1. The molecule has 0 spiro atoms. The number of rotatable bonds is 8. The second-order valence-corrected chi connectivity index (χ2v) is 8.35. The van der Waals surface area contributed by atoms with E-state index in [9.17, 15) is 15.0 Å². The molecule has 1 aromatic carbocycles. The number of carbonyl (C=O) groups is 1. The number of nitrogens with two attached hydrogens (primary N) is 1. The fourth-order valence-corrected chi connectivity index (χ4v) is 4.04. The van der Waals surface area contributed by atoms with Crippen LogP contribution in [-0.2, 0) is 16.0 Å². The highest BCUT2D eigenvalue weighted by molar-refractivity contribution is 5.86. The number of hydrogen-bond donors (Lipinski definition) is 4. The largest absolute Gasteiger partial charge is 0.497 e. The van der Waals surface area contributed by atoms with Gasteiger partial charge in [-0.25, -0.2) is 15.0 Å². The van der Waals surface area contributed by atoms with Crippen LogP contribution in [0.25, 0.3) is 11.2 Å². The molecule has 1 aliphatic heterocycles. The third-order valence-corrected chi connectivity index (χ3v) is 5.85. The van der Waals surface area contributed by atoms with Gasteiger partial charge in [0.2, 0.25) is 5.91 Å². The van der Waals surface area contributed by atoms with Gasteiger partial charge in [0.25, 0.3) is 0 Å². The van der Waals surface area contributed by atoms with E-state index < -0.39 is 43.0 Å². The Balaban J connectivity index is 0.00000228. The molecule has 3 heterocycles. The molecule has 198 valence electrons. The van der Waals surface area contributed by atoms with Crippen LogP contribution in [0.4, 0.5) is 5.82 Å². The van der Waals surface area contributed by atoms with Crippen LogP contribution < -0.4 is 20.7 Å². The van der Waals surface area contributed by atoms with Gasteiger partial charge >= 0.3 is 0 Å². The summed E-state index contributed by atoms with van der Waals surface area (Å²) in [5.41, 5.74) is 7.98. The summed E-state index contributed by atoms with van der Waals surface area (Å²) in [6.07, 6.45) is 0.250. The molecule has 36 heavy (non-hydrogen) atoms. The van der Waals surface area contributed by atoms with E-state index in [4.69, 9.17) is 15.2 Å². The van der Waals surface area contributed by atoms with Crippen molar-refractivity contribution in [1.29, 1.82) is 0 Å². The SMILES string of the molecule is COc1ccc(C[C@H](N)C(=O)N[C@@H]2[C@@H](CO)OC(n3cnc4c(N(C)C)ncnc43)[C@@H]2O)cc1.Cl.Cl. The standard InChI is InChI=1S/C22H29N7O5.2ClH/c1-28(2)19-17-20(25-10-24-19)29(11-26-17)22-18(31)16(15(9-30)34-22)27-21(32)14(23)8-12-4-6-13(33-3)7-5-12;;/h4-7,10-11,14-16,18,22,30-31H,8-9,23H2,1-3H3,(H,27,32);2*1H/t14-,15+,16+,18+,22?;;/m0../s1. The number of hydrogen-bond acceptors (Lipinski definition) is 10. The molecule has 1 aliphatic rings. The summed E-state index contributed by atoms with van der Waals surface area (Å²) in [5, 5.41) is 23.6. The van der Waals surface area contributed by atoms with Gasteiger partial charge in [-0.1, -0.05) is 12.1 Å². The predicted molar refractivity (Wildman–Crippen MR) is 138 cm³/mol. The number of methoxy groups -OCH3 is 1. The monoisotopic (exact) mass is 543 g/mol. The Morgan fingerprint density at radius 1 is 1.25 bits per heavy atom. The van der Waals surface area contributed by atoms with Gasteiger partial charge in [-0.05, 0) is 24.1 Å². The third kappa shape index (κ3) is 5.80. The van der Waals surface area contributed by atoms with Gasteiger partial charge < -0.3 is 35.6 Å². The molecule has 1 amide bonds. The van der Waals surface area contributed by atoms with Crippen LogP contribution in [-0.4, -0.2) is 87.7 Å². The zero-order chi connectivity index (χ0) is 24.4. The highest BCUT2D eigenvalue weighted by Gasteiger charge is 2.46. The van der Waals surface area contributed by atoms with Crippen molar-refractivity contribution in [3.05, 3.63) is 42.5 Å². The highest BCUT2D eigenvalue weighted by atomic mass is 35.5. The molecule has 2 aromatic heterocycles. The van der Waals surface area contributed by atoms with E-state index in [1.807, 2.05) is 26.2 Å². The number of aromatic nitrogens is 4. The number of ether oxygens (including phenoxy) is 2. The van der Waals surface area contributed by atoms with Crippen LogP contribution >= 0.6 is 24.8 Å². The summed E-state index contributed by atoms with van der Waals surface area (Å²) in [5.74, 6) is 0.861. The van der Waals surface area contributed by atoms with E-state index in [0.717, 1.165) is 5.56 Å². The number of fused-ring (bicyclic) bond motifs is 1. The van der Waals surface area contributed by atoms with E-state index in [1.165, 1.54) is 12.7 Å². The van der Waals surface area contributed by atoms with Crippen molar-refractivity contribution in [2.45, 2.75) is 36.9 Å². The lowest BCUT2D eigenvalue weighted by atomic mass is 10.0. The number of aliphatic hydroxyl groups is 2. The Kier molecular flexibility index (Phi) is 10.2. The van der Waals surface area contributed by atoms with Gasteiger partial charge in [-0.2, -0.15) is 0 Å². The number of amides is 1. The first-order valence-electron chi connectivity index (χ1n) is 10.8. The van der Waals surface area contributed by atoms with Gasteiger partial charge in [0.05, 0.1) is 32.1 Å². The normalized spacial score (nSPS) is 21.8. The van der Waals surface area contributed by atoms with Gasteiger partial charge in [0, 0.05) is 14.1 Å².